The second-order valence-electron chi connectivity index (χ2n) is 3.53. The molecule has 0 unspecified atom stereocenters. The zero-order valence-electron chi connectivity index (χ0n) is 10.7. The van der Waals surface area contributed by atoms with Crippen molar-refractivity contribution < 1.29 is 19.0 Å². The maximum Gasteiger partial charge on any atom is 0.361 e. The van der Waals surface area contributed by atoms with Crippen LogP contribution in [0.4, 0.5) is 5.69 Å². The lowest BCUT2D eigenvalue weighted by Crippen LogP contribution is -2.14. The molecule has 0 aromatic carbocycles. The Morgan fingerprint density at radius 1 is 1.39 bits per heavy atom. The van der Waals surface area contributed by atoms with Crippen molar-refractivity contribution in [2.75, 3.05) is 39.3 Å². The van der Waals surface area contributed by atoms with Crippen molar-refractivity contribution in [1.29, 1.82) is 0 Å². The van der Waals surface area contributed by atoms with Crippen molar-refractivity contribution in [2.45, 2.75) is 13.5 Å². The van der Waals surface area contributed by atoms with Gasteiger partial charge in [-0.3, -0.25) is 4.68 Å². The molecule has 0 bridgehead atoms. The lowest BCUT2D eigenvalue weighted by Gasteiger charge is -2.04. The predicted octanol–water partition coefficient (Wildman–Crippen LogP) is 0.305. The van der Waals surface area contributed by atoms with E-state index in [0.29, 0.717) is 32.1 Å². The highest BCUT2D eigenvalue weighted by Crippen LogP contribution is 2.10. The van der Waals surface area contributed by atoms with E-state index in [2.05, 4.69) is 5.10 Å². The van der Waals surface area contributed by atoms with E-state index in [1.54, 1.807) is 18.0 Å². The fourth-order valence-electron chi connectivity index (χ4n) is 1.26. The quantitative estimate of drug-likeness (QED) is 0.532. The number of carbonyl (C=O) groups excluding carboxylic acids is 1. The van der Waals surface area contributed by atoms with E-state index in [1.807, 2.05) is 6.92 Å². The number of hydrogen-bond acceptors (Lipinski definition) is 6. The summed E-state index contributed by atoms with van der Waals surface area (Å²) in [4.78, 5) is 11.6. The number of aromatic nitrogens is 2. The first kappa shape index (κ1) is 14.5. The first-order chi connectivity index (χ1) is 8.69. The minimum atomic E-state index is -0.532. The summed E-state index contributed by atoms with van der Waals surface area (Å²) in [6.45, 7) is 4.04. The van der Waals surface area contributed by atoms with Gasteiger partial charge in [0, 0.05) is 19.9 Å². The molecule has 18 heavy (non-hydrogen) atoms. The molecular weight excluding hydrogens is 238 g/mol. The zero-order valence-corrected chi connectivity index (χ0v) is 10.7. The number of esters is 1. The van der Waals surface area contributed by atoms with Crippen LogP contribution in [-0.4, -0.2) is 49.3 Å². The summed E-state index contributed by atoms with van der Waals surface area (Å²) in [6.07, 6.45) is 1.60. The van der Waals surface area contributed by atoms with E-state index in [0.717, 1.165) is 0 Å². The Hall–Kier alpha value is -1.60. The Bertz CT molecular complexity index is 378. The van der Waals surface area contributed by atoms with E-state index in [-0.39, 0.29) is 12.3 Å². The lowest BCUT2D eigenvalue weighted by molar-refractivity contribution is 0.0209. The molecule has 0 aliphatic heterocycles. The summed E-state index contributed by atoms with van der Waals surface area (Å²) >= 11 is 0. The molecule has 1 aromatic heterocycles. The molecule has 7 heteroatoms. The second-order valence-corrected chi connectivity index (χ2v) is 3.53. The summed E-state index contributed by atoms with van der Waals surface area (Å²) in [5, 5.41) is 4.01. The van der Waals surface area contributed by atoms with Crippen molar-refractivity contribution in [2.24, 2.45) is 0 Å². The predicted molar refractivity (Wildman–Crippen MR) is 65.3 cm³/mol. The minimum absolute atomic E-state index is 0.147. The Kier molecular flexibility index (Phi) is 6.16. The topological polar surface area (TPSA) is 88.6 Å². The van der Waals surface area contributed by atoms with Crippen LogP contribution in [0.15, 0.2) is 6.20 Å². The molecule has 0 amide bonds. The Morgan fingerprint density at radius 3 is 2.72 bits per heavy atom. The van der Waals surface area contributed by atoms with Gasteiger partial charge in [-0.1, -0.05) is 0 Å². The van der Waals surface area contributed by atoms with Gasteiger partial charge in [0.15, 0.2) is 5.69 Å². The molecule has 0 spiro atoms. The van der Waals surface area contributed by atoms with Crippen LogP contribution >= 0.6 is 0 Å². The van der Waals surface area contributed by atoms with Crippen LogP contribution in [0.25, 0.3) is 0 Å². The van der Waals surface area contributed by atoms with Gasteiger partial charge in [-0.15, -0.1) is 0 Å². The molecule has 0 fully saturated rings. The van der Waals surface area contributed by atoms with Gasteiger partial charge >= 0.3 is 5.97 Å². The maximum absolute atomic E-state index is 11.6. The van der Waals surface area contributed by atoms with Crippen LogP contribution < -0.4 is 5.73 Å². The van der Waals surface area contributed by atoms with Crippen LogP contribution in [0, 0.1) is 0 Å². The molecule has 1 rings (SSSR count). The van der Waals surface area contributed by atoms with Crippen molar-refractivity contribution in [3.05, 3.63) is 11.9 Å². The standard InChI is InChI=1S/C11H19N3O4/c1-3-14-8-9(12)10(13-14)11(15)18-7-6-17-5-4-16-2/h8H,3-7,12H2,1-2H3. The third kappa shape index (κ3) is 4.34. The number of ether oxygens (including phenoxy) is 3. The number of carbonyl (C=O) groups is 1. The molecule has 7 nitrogen and oxygen atoms in total. The third-order valence-corrected chi connectivity index (χ3v) is 2.20. The van der Waals surface area contributed by atoms with Gasteiger partial charge in [-0.2, -0.15) is 5.10 Å². The summed E-state index contributed by atoms with van der Waals surface area (Å²) in [7, 11) is 1.59. The molecule has 0 atom stereocenters. The van der Waals surface area contributed by atoms with E-state index in [1.165, 1.54) is 0 Å². The molecular formula is C11H19N3O4. The number of anilines is 1. The first-order valence-corrected chi connectivity index (χ1v) is 5.75. The second kappa shape index (κ2) is 7.67. The van der Waals surface area contributed by atoms with E-state index < -0.39 is 5.97 Å². The molecule has 0 aliphatic carbocycles. The lowest BCUT2D eigenvalue weighted by atomic mass is 10.4. The normalized spacial score (nSPS) is 10.6. The molecule has 1 heterocycles. The van der Waals surface area contributed by atoms with Gasteiger partial charge in [-0.05, 0) is 6.92 Å². The first-order valence-electron chi connectivity index (χ1n) is 5.75. The molecule has 2 N–H and O–H groups in total. The molecule has 102 valence electrons. The molecule has 1 aromatic rings. The number of aryl methyl sites for hydroxylation is 1. The Labute approximate surface area is 106 Å². The highest BCUT2D eigenvalue weighted by Gasteiger charge is 2.15. The number of methoxy groups -OCH3 is 1. The van der Waals surface area contributed by atoms with Gasteiger partial charge < -0.3 is 19.9 Å². The zero-order chi connectivity index (χ0) is 13.4. The van der Waals surface area contributed by atoms with Gasteiger partial charge in [-0.25, -0.2) is 4.79 Å². The van der Waals surface area contributed by atoms with Crippen molar-refractivity contribution >= 4 is 11.7 Å². The van der Waals surface area contributed by atoms with Crippen molar-refractivity contribution in [1.82, 2.24) is 9.78 Å². The van der Waals surface area contributed by atoms with E-state index >= 15 is 0 Å². The summed E-state index contributed by atoms with van der Waals surface area (Å²) in [5.41, 5.74) is 6.12. The number of hydrogen-bond donors (Lipinski definition) is 1. The third-order valence-electron chi connectivity index (χ3n) is 2.20. The van der Waals surface area contributed by atoms with Gasteiger partial charge in [0.2, 0.25) is 0 Å². The van der Waals surface area contributed by atoms with Gasteiger partial charge in [0.1, 0.15) is 6.61 Å². The van der Waals surface area contributed by atoms with Crippen LogP contribution in [0.3, 0.4) is 0 Å². The maximum atomic E-state index is 11.6. The minimum Gasteiger partial charge on any atom is -0.458 e. The molecule has 0 saturated heterocycles. The number of nitrogen functional groups attached to an aromatic ring is 1. The summed E-state index contributed by atoms with van der Waals surface area (Å²) in [5.74, 6) is -0.532. The largest absolute Gasteiger partial charge is 0.458 e. The fraction of sp³-hybridized carbons (Fsp3) is 0.636. The fourth-order valence-corrected chi connectivity index (χ4v) is 1.26. The number of nitrogens with two attached hydrogens (primary N) is 1. The van der Waals surface area contributed by atoms with Crippen LogP contribution in [-0.2, 0) is 20.8 Å². The highest BCUT2D eigenvalue weighted by molar-refractivity contribution is 5.92. The van der Waals surface area contributed by atoms with E-state index in [9.17, 15) is 4.79 Å². The van der Waals surface area contributed by atoms with Gasteiger partial charge in [0.05, 0.1) is 25.5 Å². The average molecular weight is 257 g/mol. The monoisotopic (exact) mass is 257 g/mol. The van der Waals surface area contributed by atoms with Crippen LogP contribution in [0.5, 0.6) is 0 Å². The van der Waals surface area contributed by atoms with E-state index in [4.69, 9.17) is 19.9 Å². The van der Waals surface area contributed by atoms with Crippen molar-refractivity contribution in [3.8, 4) is 0 Å². The SMILES string of the molecule is CCn1cc(N)c(C(=O)OCCOCCOC)n1. The van der Waals surface area contributed by atoms with Gasteiger partial charge in [0.25, 0.3) is 0 Å². The molecule has 0 aliphatic rings. The molecule has 0 radical (unpaired) electrons. The van der Waals surface area contributed by atoms with Crippen LogP contribution in [0.2, 0.25) is 0 Å². The number of nitrogens with zero attached hydrogens (tertiary/aromatic N) is 2. The summed E-state index contributed by atoms with van der Waals surface area (Å²) in [6, 6.07) is 0. The highest BCUT2D eigenvalue weighted by atomic mass is 16.6. The average Bonchev–Trinajstić information content (AvgIpc) is 2.75. The summed E-state index contributed by atoms with van der Waals surface area (Å²) < 4.78 is 16.5. The van der Waals surface area contributed by atoms with Crippen molar-refractivity contribution in [3.63, 3.8) is 0 Å². The number of rotatable bonds is 8. The smallest absolute Gasteiger partial charge is 0.361 e. The molecule has 0 saturated carbocycles. The van der Waals surface area contributed by atoms with Crippen LogP contribution in [0.1, 0.15) is 17.4 Å². The Morgan fingerprint density at radius 2 is 2.11 bits per heavy atom. The Balaban J connectivity index is 2.29.